The highest BCUT2D eigenvalue weighted by molar-refractivity contribution is 6.28. The van der Waals surface area contributed by atoms with Crippen LogP contribution in [0.25, 0.3) is 0 Å². The summed E-state index contributed by atoms with van der Waals surface area (Å²) in [6.07, 6.45) is 0.0361. The first kappa shape index (κ1) is 14.3. The Kier molecular flexibility index (Phi) is 4.24. The van der Waals surface area contributed by atoms with Crippen LogP contribution in [0.4, 0.5) is 11.4 Å². The van der Waals surface area contributed by atoms with Crippen LogP contribution in [-0.2, 0) is 9.59 Å². The molecule has 1 aromatic carbocycles. The van der Waals surface area contributed by atoms with Crippen molar-refractivity contribution in [2.75, 3.05) is 17.3 Å². The fourth-order valence-corrected chi connectivity index (χ4v) is 2.09. The predicted octanol–water partition coefficient (Wildman–Crippen LogP) is 1.35. The number of carbonyl (C=O) groups is 2. The Bertz CT molecular complexity index is 556. The van der Waals surface area contributed by atoms with E-state index in [0.717, 1.165) is 0 Å². The summed E-state index contributed by atoms with van der Waals surface area (Å²) < 4.78 is 0. The van der Waals surface area contributed by atoms with Crippen LogP contribution in [0.1, 0.15) is 6.42 Å². The lowest BCUT2D eigenvalue weighted by Crippen LogP contribution is -2.25. The van der Waals surface area contributed by atoms with Gasteiger partial charge in [-0.3, -0.25) is 9.59 Å². The van der Waals surface area contributed by atoms with Gasteiger partial charge in [0.25, 0.3) is 0 Å². The molecule has 1 unspecified atom stereocenters. The van der Waals surface area contributed by atoms with Gasteiger partial charge in [0.2, 0.25) is 5.91 Å². The van der Waals surface area contributed by atoms with Gasteiger partial charge < -0.3 is 15.7 Å². The fourth-order valence-electron chi connectivity index (χ4n) is 2.03. The smallest absolute Gasteiger partial charge is 0.308 e. The van der Waals surface area contributed by atoms with E-state index >= 15 is 0 Å². The van der Waals surface area contributed by atoms with Crippen molar-refractivity contribution >= 4 is 40.7 Å². The summed E-state index contributed by atoms with van der Waals surface area (Å²) in [5.41, 5.74) is 6.81. The SMILES string of the molecule is NC(CCl)=Nc1ccc(N2CC(C(=O)O)CC2=O)cc1. The molecule has 1 heterocycles. The molecular formula is C13H14ClN3O3. The van der Waals surface area contributed by atoms with Crippen LogP contribution in [0.15, 0.2) is 29.3 Å². The molecule has 20 heavy (non-hydrogen) atoms. The molecule has 1 atom stereocenters. The summed E-state index contributed by atoms with van der Waals surface area (Å²) in [4.78, 5) is 28.2. The fraction of sp³-hybridized carbons (Fsp3) is 0.308. The predicted molar refractivity (Wildman–Crippen MR) is 76.5 cm³/mol. The number of anilines is 1. The minimum absolute atomic E-state index is 0.0361. The molecule has 6 nitrogen and oxygen atoms in total. The molecule has 7 heteroatoms. The number of aliphatic imine (C=N–C) groups is 1. The molecule has 0 aliphatic carbocycles. The molecule has 0 radical (unpaired) electrons. The van der Waals surface area contributed by atoms with E-state index in [-0.39, 0.29) is 24.8 Å². The molecule has 0 aromatic heterocycles. The number of carbonyl (C=O) groups excluding carboxylic acids is 1. The van der Waals surface area contributed by atoms with Gasteiger partial charge in [-0.05, 0) is 24.3 Å². The first-order valence-electron chi connectivity index (χ1n) is 6.03. The molecule has 1 amide bonds. The van der Waals surface area contributed by atoms with Gasteiger partial charge in [0.15, 0.2) is 0 Å². The molecule has 0 bridgehead atoms. The van der Waals surface area contributed by atoms with Crippen molar-refractivity contribution in [3.05, 3.63) is 24.3 Å². The number of hydrogen-bond acceptors (Lipinski definition) is 3. The Morgan fingerprint density at radius 2 is 2.10 bits per heavy atom. The van der Waals surface area contributed by atoms with Crippen molar-refractivity contribution in [1.82, 2.24) is 0 Å². The van der Waals surface area contributed by atoms with Gasteiger partial charge in [0, 0.05) is 18.7 Å². The van der Waals surface area contributed by atoms with Gasteiger partial charge in [0.05, 0.1) is 17.5 Å². The number of nitrogens with two attached hydrogens (primary N) is 1. The second-order valence-electron chi connectivity index (χ2n) is 4.50. The van der Waals surface area contributed by atoms with E-state index in [2.05, 4.69) is 4.99 Å². The highest BCUT2D eigenvalue weighted by Crippen LogP contribution is 2.27. The summed E-state index contributed by atoms with van der Waals surface area (Å²) in [6.45, 7) is 0.195. The Labute approximate surface area is 120 Å². The molecule has 3 N–H and O–H groups in total. The molecule has 0 saturated carbocycles. The number of amidine groups is 1. The summed E-state index contributed by atoms with van der Waals surface area (Å²) in [5.74, 6) is -1.33. The van der Waals surface area contributed by atoms with Crippen LogP contribution in [0.2, 0.25) is 0 Å². The Hall–Kier alpha value is -2.08. The van der Waals surface area contributed by atoms with Gasteiger partial charge in [-0.2, -0.15) is 0 Å². The summed E-state index contributed by atoms with van der Waals surface area (Å²) >= 11 is 5.54. The molecule has 2 rings (SSSR count). The zero-order valence-electron chi connectivity index (χ0n) is 10.6. The average Bonchev–Trinajstić information content (AvgIpc) is 2.82. The first-order valence-corrected chi connectivity index (χ1v) is 6.57. The van der Waals surface area contributed by atoms with E-state index in [1.165, 1.54) is 4.90 Å². The lowest BCUT2D eigenvalue weighted by atomic mass is 10.1. The summed E-state index contributed by atoms with van der Waals surface area (Å²) in [5, 5.41) is 8.94. The van der Waals surface area contributed by atoms with E-state index in [4.69, 9.17) is 22.4 Å². The highest BCUT2D eigenvalue weighted by atomic mass is 35.5. The van der Waals surface area contributed by atoms with Crippen molar-refractivity contribution in [2.24, 2.45) is 16.6 Å². The zero-order valence-corrected chi connectivity index (χ0v) is 11.4. The van der Waals surface area contributed by atoms with Crippen LogP contribution in [0.5, 0.6) is 0 Å². The van der Waals surface area contributed by atoms with Crippen LogP contribution in [-0.4, -0.2) is 35.2 Å². The average molecular weight is 296 g/mol. The van der Waals surface area contributed by atoms with Crippen LogP contribution < -0.4 is 10.6 Å². The van der Waals surface area contributed by atoms with Crippen LogP contribution in [0.3, 0.4) is 0 Å². The van der Waals surface area contributed by atoms with Gasteiger partial charge in [-0.15, -0.1) is 11.6 Å². The standard InChI is InChI=1S/C13H14ClN3O3/c14-6-11(15)16-9-1-3-10(4-2-9)17-7-8(13(19)20)5-12(17)18/h1-4,8H,5-7H2,(H2,15,16)(H,19,20). The van der Waals surface area contributed by atoms with Crippen molar-refractivity contribution in [3.63, 3.8) is 0 Å². The molecule has 106 valence electrons. The number of aliphatic carboxylic acids is 1. The molecule has 1 fully saturated rings. The van der Waals surface area contributed by atoms with Crippen molar-refractivity contribution in [1.29, 1.82) is 0 Å². The number of alkyl halides is 1. The van der Waals surface area contributed by atoms with E-state index in [0.29, 0.717) is 17.2 Å². The Morgan fingerprint density at radius 1 is 1.45 bits per heavy atom. The number of rotatable bonds is 4. The number of amides is 1. The third-order valence-corrected chi connectivity index (χ3v) is 3.32. The summed E-state index contributed by atoms with van der Waals surface area (Å²) in [7, 11) is 0. The minimum Gasteiger partial charge on any atom is -0.481 e. The number of benzene rings is 1. The molecule has 1 aromatic rings. The zero-order chi connectivity index (χ0) is 14.7. The van der Waals surface area contributed by atoms with Crippen molar-refractivity contribution in [2.45, 2.75) is 6.42 Å². The molecule has 0 spiro atoms. The van der Waals surface area contributed by atoms with Gasteiger partial charge in [-0.1, -0.05) is 0 Å². The van der Waals surface area contributed by atoms with Crippen molar-refractivity contribution < 1.29 is 14.7 Å². The monoisotopic (exact) mass is 295 g/mol. The quantitative estimate of drug-likeness (QED) is 0.498. The normalized spacial score (nSPS) is 19.4. The lowest BCUT2D eigenvalue weighted by Gasteiger charge is -2.16. The second kappa shape index (κ2) is 5.92. The largest absolute Gasteiger partial charge is 0.481 e. The Morgan fingerprint density at radius 3 is 2.60 bits per heavy atom. The first-order chi connectivity index (χ1) is 9.51. The molecular weight excluding hydrogens is 282 g/mol. The van der Waals surface area contributed by atoms with Gasteiger partial charge in [0.1, 0.15) is 5.84 Å². The lowest BCUT2D eigenvalue weighted by molar-refractivity contribution is -0.141. The van der Waals surface area contributed by atoms with Crippen molar-refractivity contribution in [3.8, 4) is 0 Å². The maximum absolute atomic E-state index is 11.8. The van der Waals surface area contributed by atoms with E-state index in [1.54, 1.807) is 24.3 Å². The number of hydrogen-bond donors (Lipinski definition) is 2. The van der Waals surface area contributed by atoms with E-state index in [1.807, 2.05) is 0 Å². The Balaban J connectivity index is 2.15. The third-order valence-electron chi connectivity index (χ3n) is 3.05. The number of nitrogens with zero attached hydrogens (tertiary/aromatic N) is 2. The number of halogens is 1. The van der Waals surface area contributed by atoms with Gasteiger partial charge >= 0.3 is 5.97 Å². The third kappa shape index (κ3) is 3.08. The summed E-state index contributed by atoms with van der Waals surface area (Å²) in [6, 6.07) is 6.83. The molecule has 1 aliphatic rings. The van der Waals surface area contributed by atoms with E-state index in [9.17, 15) is 9.59 Å². The maximum atomic E-state index is 11.8. The maximum Gasteiger partial charge on any atom is 0.308 e. The number of carboxylic acid groups (broad SMARTS) is 1. The topological polar surface area (TPSA) is 96.0 Å². The highest BCUT2D eigenvalue weighted by Gasteiger charge is 2.34. The van der Waals surface area contributed by atoms with Gasteiger partial charge in [-0.25, -0.2) is 4.99 Å². The molecule has 1 saturated heterocycles. The number of carboxylic acids is 1. The second-order valence-corrected chi connectivity index (χ2v) is 4.76. The minimum atomic E-state index is -0.947. The van der Waals surface area contributed by atoms with Crippen LogP contribution in [0, 0.1) is 5.92 Å². The van der Waals surface area contributed by atoms with E-state index < -0.39 is 11.9 Å². The van der Waals surface area contributed by atoms with Crippen LogP contribution >= 0.6 is 11.6 Å². The molecule has 1 aliphatic heterocycles.